The number of nitrogens with one attached hydrogen (secondary N) is 1. The van der Waals surface area contributed by atoms with Crippen molar-refractivity contribution in [2.24, 2.45) is 11.8 Å². The molecule has 0 saturated carbocycles. The van der Waals surface area contributed by atoms with E-state index in [9.17, 15) is 0 Å². The van der Waals surface area contributed by atoms with E-state index in [1.165, 1.54) is 35.7 Å². The summed E-state index contributed by atoms with van der Waals surface area (Å²) in [4.78, 5) is 0. The van der Waals surface area contributed by atoms with Gasteiger partial charge in [0.1, 0.15) is 0 Å². The van der Waals surface area contributed by atoms with E-state index < -0.39 is 0 Å². The SMILES string of the molecule is C[C@@H]1/C=C\C[C@H](C)[C@H](Nc2cccc3ccccc23)CC1. The maximum absolute atomic E-state index is 3.83. The molecule has 1 N–H and O–H groups in total. The molecule has 1 nitrogen and oxygen atoms in total. The fraction of sp³-hybridized carbons (Fsp3) is 0.400. The van der Waals surface area contributed by atoms with Crippen molar-refractivity contribution < 1.29 is 0 Å². The first-order chi connectivity index (χ1) is 10.2. The van der Waals surface area contributed by atoms with Gasteiger partial charge in [-0.2, -0.15) is 0 Å². The van der Waals surface area contributed by atoms with Crippen molar-refractivity contribution in [3.63, 3.8) is 0 Å². The van der Waals surface area contributed by atoms with Gasteiger partial charge in [-0.3, -0.25) is 0 Å². The molecular formula is C20H25N. The van der Waals surface area contributed by atoms with Gasteiger partial charge in [-0.05, 0) is 42.6 Å². The molecule has 0 amide bonds. The van der Waals surface area contributed by atoms with E-state index in [2.05, 4.69) is 73.8 Å². The highest BCUT2D eigenvalue weighted by Crippen LogP contribution is 2.28. The third-order valence-corrected chi connectivity index (χ3v) is 4.72. The number of anilines is 1. The van der Waals surface area contributed by atoms with Crippen LogP contribution in [0.2, 0.25) is 0 Å². The molecular weight excluding hydrogens is 254 g/mol. The zero-order valence-corrected chi connectivity index (χ0v) is 13.0. The van der Waals surface area contributed by atoms with Crippen molar-refractivity contribution in [2.75, 3.05) is 5.32 Å². The summed E-state index contributed by atoms with van der Waals surface area (Å²) in [6.07, 6.45) is 8.43. The number of hydrogen-bond acceptors (Lipinski definition) is 1. The predicted molar refractivity (Wildman–Crippen MR) is 92.7 cm³/mol. The van der Waals surface area contributed by atoms with Gasteiger partial charge < -0.3 is 5.32 Å². The molecule has 0 fully saturated rings. The Morgan fingerprint density at radius 1 is 0.952 bits per heavy atom. The molecule has 0 unspecified atom stereocenters. The lowest BCUT2D eigenvalue weighted by atomic mass is 9.87. The lowest BCUT2D eigenvalue weighted by Crippen LogP contribution is -2.28. The van der Waals surface area contributed by atoms with Crippen LogP contribution in [0.4, 0.5) is 5.69 Å². The lowest BCUT2D eigenvalue weighted by molar-refractivity contribution is 0.419. The average molecular weight is 279 g/mol. The Kier molecular flexibility index (Phi) is 4.28. The van der Waals surface area contributed by atoms with Crippen LogP contribution in [0.15, 0.2) is 54.6 Å². The number of rotatable bonds is 2. The van der Waals surface area contributed by atoms with Crippen molar-refractivity contribution in [1.82, 2.24) is 0 Å². The summed E-state index contributed by atoms with van der Waals surface area (Å²) in [5.74, 6) is 1.38. The normalized spacial score (nSPS) is 27.8. The number of allylic oxidation sites excluding steroid dienone is 2. The van der Waals surface area contributed by atoms with Gasteiger partial charge in [0.2, 0.25) is 0 Å². The van der Waals surface area contributed by atoms with Crippen LogP contribution < -0.4 is 5.32 Å². The van der Waals surface area contributed by atoms with Crippen LogP contribution in [0.3, 0.4) is 0 Å². The van der Waals surface area contributed by atoms with Gasteiger partial charge in [0, 0.05) is 17.1 Å². The third kappa shape index (κ3) is 3.29. The van der Waals surface area contributed by atoms with E-state index >= 15 is 0 Å². The molecule has 2 aromatic rings. The Balaban J connectivity index is 1.85. The molecule has 0 aliphatic heterocycles. The van der Waals surface area contributed by atoms with E-state index in [0.717, 1.165) is 0 Å². The third-order valence-electron chi connectivity index (χ3n) is 4.72. The van der Waals surface area contributed by atoms with Crippen LogP contribution in [0.1, 0.15) is 33.1 Å². The highest BCUT2D eigenvalue weighted by molar-refractivity contribution is 5.93. The average Bonchev–Trinajstić information content (AvgIpc) is 2.50. The predicted octanol–water partition coefficient (Wildman–Crippen LogP) is 5.63. The highest BCUT2D eigenvalue weighted by atomic mass is 14.9. The van der Waals surface area contributed by atoms with Gasteiger partial charge in [-0.15, -0.1) is 0 Å². The van der Waals surface area contributed by atoms with Crippen molar-refractivity contribution in [3.05, 3.63) is 54.6 Å². The van der Waals surface area contributed by atoms with Crippen LogP contribution >= 0.6 is 0 Å². The van der Waals surface area contributed by atoms with E-state index in [1.807, 2.05) is 0 Å². The molecule has 1 aliphatic carbocycles. The molecule has 0 aromatic heterocycles. The summed E-state index contributed by atoms with van der Waals surface area (Å²) in [7, 11) is 0. The molecule has 110 valence electrons. The van der Waals surface area contributed by atoms with E-state index in [-0.39, 0.29) is 0 Å². The molecule has 1 heteroatoms. The fourth-order valence-electron chi connectivity index (χ4n) is 3.28. The zero-order chi connectivity index (χ0) is 14.7. The molecule has 3 rings (SSSR count). The summed E-state index contributed by atoms with van der Waals surface area (Å²) in [5.41, 5.74) is 1.28. The molecule has 2 aromatic carbocycles. The second kappa shape index (κ2) is 6.34. The van der Waals surface area contributed by atoms with Gasteiger partial charge in [0.05, 0.1) is 0 Å². The molecule has 0 spiro atoms. The van der Waals surface area contributed by atoms with Gasteiger partial charge >= 0.3 is 0 Å². The highest BCUT2D eigenvalue weighted by Gasteiger charge is 2.19. The first-order valence-electron chi connectivity index (χ1n) is 8.15. The standard InChI is InChI=1S/C20H25N/c1-15-7-5-8-16(2)19(14-13-15)21-20-12-6-10-17-9-3-4-11-18(17)20/h3-7,9-12,15-16,19,21H,8,13-14H2,1-2H3/b7-5-/t15-,16+,19-/m1/s1. The lowest BCUT2D eigenvalue weighted by Gasteiger charge is -2.28. The fourth-order valence-corrected chi connectivity index (χ4v) is 3.28. The topological polar surface area (TPSA) is 12.0 Å². The summed E-state index contributed by atoms with van der Waals surface area (Å²) in [6, 6.07) is 15.8. The first kappa shape index (κ1) is 14.2. The number of benzene rings is 2. The molecule has 0 heterocycles. The van der Waals surface area contributed by atoms with Gasteiger partial charge in [0.15, 0.2) is 0 Å². The Labute approximate surface area is 128 Å². The largest absolute Gasteiger partial charge is 0.382 e. The number of fused-ring (bicyclic) bond motifs is 1. The van der Waals surface area contributed by atoms with Crippen LogP contribution in [0.25, 0.3) is 10.8 Å². The van der Waals surface area contributed by atoms with Crippen molar-refractivity contribution >= 4 is 16.5 Å². The summed E-state index contributed by atoms with van der Waals surface area (Å²) < 4.78 is 0. The van der Waals surface area contributed by atoms with Crippen LogP contribution in [0.5, 0.6) is 0 Å². The minimum absolute atomic E-state index is 0.559. The number of hydrogen-bond donors (Lipinski definition) is 1. The first-order valence-corrected chi connectivity index (χ1v) is 8.15. The Morgan fingerprint density at radius 3 is 2.67 bits per heavy atom. The van der Waals surface area contributed by atoms with Crippen LogP contribution in [-0.2, 0) is 0 Å². The van der Waals surface area contributed by atoms with E-state index in [1.54, 1.807) is 0 Å². The summed E-state index contributed by atoms with van der Waals surface area (Å²) in [6.45, 7) is 4.69. The Bertz CT molecular complexity index is 623. The summed E-state index contributed by atoms with van der Waals surface area (Å²) in [5, 5.41) is 6.47. The second-order valence-corrected chi connectivity index (χ2v) is 6.47. The van der Waals surface area contributed by atoms with Gasteiger partial charge in [-0.25, -0.2) is 0 Å². The minimum Gasteiger partial charge on any atom is -0.382 e. The zero-order valence-electron chi connectivity index (χ0n) is 13.0. The Morgan fingerprint density at radius 2 is 1.76 bits per heavy atom. The maximum atomic E-state index is 3.83. The molecule has 0 saturated heterocycles. The molecule has 21 heavy (non-hydrogen) atoms. The van der Waals surface area contributed by atoms with Crippen molar-refractivity contribution in [2.45, 2.75) is 39.2 Å². The van der Waals surface area contributed by atoms with Crippen molar-refractivity contribution in [3.8, 4) is 0 Å². The smallest absolute Gasteiger partial charge is 0.0422 e. The molecule has 1 aliphatic rings. The van der Waals surface area contributed by atoms with Crippen LogP contribution in [-0.4, -0.2) is 6.04 Å². The molecule has 0 radical (unpaired) electrons. The summed E-state index contributed by atoms with van der Waals surface area (Å²) >= 11 is 0. The van der Waals surface area contributed by atoms with E-state index in [0.29, 0.717) is 17.9 Å². The quantitative estimate of drug-likeness (QED) is 0.702. The maximum Gasteiger partial charge on any atom is 0.0422 e. The molecule has 3 atom stereocenters. The molecule has 0 bridgehead atoms. The minimum atomic E-state index is 0.559. The van der Waals surface area contributed by atoms with E-state index in [4.69, 9.17) is 0 Å². The van der Waals surface area contributed by atoms with Crippen LogP contribution in [0, 0.1) is 11.8 Å². The monoisotopic (exact) mass is 279 g/mol. The Hall–Kier alpha value is -1.76. The van der Waals surface area contributed by atoms with Crippen molar-refractivity contribution in [1.29, 1.82) is 0 Å². The second-order valence-electron chi connectivity index (χ2n) is 6.47. The van der Waals surface area contributed by atoms with Gasteiger partial charge in [0.25, 0.3) is 0 Å². The van der Waals surface area contributed by atoms with Gasteiger partial charge in [-0.1, -0.05) is 62.4 Å².